The third kappa shape index (κ3) is 3.92. The van der Waals surface area contributed by atoms with E-state index in [2.05, 4.69) is 20.2 Å². The zero-order chi connectivity index (χ0) is 16.9. The summed E-state index contributed by atoms with van der Waals surface area (Å²) in [6.07, 6.45) is 4.52. The Bertz CT molecular complexity index is 819. The summed E-state index contributed by atoms with van der Waals surface area (Å²) in [7, 11) is 0. The Balaban J connectivity index is 1.47. The van der Waals surface area contributed by atoms with Gasteiger partial charge < -0.3 is 18.6 Å². The SMILES string of the molecule is c1cc(Oc2cc(OC3CCOCC3)ncn2)cc(-c2nnco2)c1. The Morgan fingerprint density at radius 2 is 1.92 bits per heavy atom. The number of benzene rings is 1. The van der Waals surface area contributed by atoms with Crippen molar-refractivity contribution in [1.29, 1.82) is 0 Å². The lowest BCUT2D eigenvalue weighted by Gasteiger charge is -2.22. The minimum atomic E-state index is 0.109. The average Bonchev–Trinajstić information content (AvgIpc) is 3.18. The molecule has 0 bridgehead atoms. The smallest absolute Gasteiger partial charge is 0.247 e. The molecular weight excluding hydrogens is 324 g/mol. The molecule has 0 amide bonds. The Morgan fingerprint density at radius 1 is 1.04 bits per heavy atom. The molecule has 1 aliphatic rings. The van der Waals surface area contributed by atoms with Gasteiger partial charge in [-0.3, -0.25) is 0 Å². The Hall–Kier alpha value is -3.00. The number of hydrogen-bond donors (Lipinski definition) is 0. The van der Waals surface area contributed by atoms with E-state index in [1.807, 2.05) is 18.2 Å². The van der Waals surface area contributed by atoms with Crippen molar-refractivity contribution in [3.63, 3.8) is 0 Å². The van der Waals surface area contributed by atoms with Gasteiger partial charge in [-0.15, -0.1) is 10.2 Å². The van der Waals surface area contributed by atoms with E-state index >= 15 is 0 Å². The van der Waals surface area contributed by atoms with Crippen LogP contribution >= 0.6 is 0 Å². The van der Waals surface area contributed by atoms with Gasteiger partial charge in [-0.05, 0) is 18.2 Å². The second kappa shape index (κ2) is 7.27. The van der Waals surface area contributed by atoms with Crippen LogP contribution in [-0.2, 0) is 4.74 Å². The van der Waals surface area contributed by atoms with Crippen LogP contribution in [0.3, 0.4) is 0 Å². The van der Waals surface area contributed by atoms with Crippen molar-refractivity contribution in [2.75, 3.05) is 13.2 Å². The minimum absolute atomic E-state index is 0.109. The van der Waals surface area contributed by atoms with E-state index in [4.69, 9.17) is 18.6 Å². The van der Waals surface area contributed by atoms with Crippen molar-refractivity contribution in [2.24, 2.45) is 0 Å². The summed E-state index contributed by atoms with van der Waals surface area (Å²) in [5.74, 6) is 1.92. The van der Waals surface area contributed by atoms with Crippen LogP contribution in [-0.4, -0.2) is 39.5 Å². The number of rotatable bonds is 5. The van der Waals surface area contributed by atoms with E-state index in [1.54, 1.807) is 12.1 Å². The number of ether oxygens (including phenoxy) is 3. The van der Waals surface area contributed by atoms with Crippen LogP contribution in [0, 0.1) is 0 Å². The molecule has 3 aromatic rings. The maximum Gasteiger partial charge on any atom is 0.247 e. The molecule has 0 atom stereocenters. The van der Waals surface area contributed by atoms with Gasteiger partial charge in [0.1, 0.15) is 18.2 Å². The molecule has 4 rings (SSSR count). The summed E-state index contributed by atoms with van der Waals surface area (Å²) < 4.78 is 22.2. The first kappa shape index (κ1) is 15.5. The molecule has 128 valence electrons. The third-order valence-corrected chi connectivity index (χ3v) is 3.74. The molecule has 1 fully saturated rings. The molecule has 0 aliphatic carbocycles. The van der Waals surface area contributed by atoms with Crippen molar-refractivity contribution in [3.05, 3.63) is 43.1 Å². The molecule has 8 nitrogen and oxygen atoms in total. The van der Waals surface area contributed by atoms with Crippen LogP contribution in [0.5, 0.6) is 17.5 Å². The molecule has 0 N–H and O–H groups in total. The molecule has 8 heteroatoms. The van der Waals surface area contributed by atoms with E-state index in [0.717, 1.165) is 18.4 Å². The van der Waals surface area contributed by atoms with Crippen molar-refractivity contribution in [3.8, 4) is 29.0 Å². The van der Waals surface area contributed by atoms with Crippen LogP contribution < -0.4 is 9.47 Å². The highest BCUT2D eigenvalue weighted by molar-refractivity contribution is 5.55. The number of nitrogens with zero attached hydrogens (tertiary/aromatic N) is 4. The molecule has 0 unspecified atom stereocenters. The fraction of sp³-hybridized carbons (Fsp3) is 0.294. The highest BCUT2D eigenvalue weighted by atomic mass is 16.5. The zero-order valence-electron chi connectivity index (χ0n) is 13.4. The van der Waals surface area contributed by atoms with Gasteiger partial charge in [0, 0.05) is 18.4 Å². The Morgan fingerprint density at radius 3 is 2.76 bits per heavy atom. The molecule has 3 heterocycles. The first-order valence-corrected chi connectivity index (χ1v) is 7.98. The first-order chi connectivity index (χ1) is 12.4. The zero-order valence-corrected chi connectivity index (χ0v) is 13.4. The molecule has 0 saturated carbocycles. The maximum absolute atomic E-state index is 5.87. The van der Waals surface area contributed by atoms with E-state index in [0.29, 0.717) is 36.6 Å². The second-order valence-electron chi connectivity index (χ2n) is 5.50. The van der Waals surface area contributed by atoms with Gasteiger partial charge in [0.05, 0.1) is 19.3 Å². The lowest BCUT2D eigenvalue weighted by molar-refractivity contribution is 0.0236. The van der Waals surface area contributed by atoms with Gasteiger partial charge in [-0.25, -0.2) is 9.97 Å². The summed E-state index contributed by atoms with van der Waals surface area (Å²) >= 11 is 0. The molecular formula is C17H16N4O4. The first-order valence-electron chi connectivity index (χ1n) is 7.98. The minimum Gasteiger partial charge on any atom is -0.474 e. The van der Waals surface area contributed by atoms with E-state index < -0.39 is 0 Å². The summed E-state index contributed by atoms with van der Waals surface area (Å²) in [5.41, 5.74) is 0.766. The molecule has 1 saturated heterocycles. The van der Waals surface area contributed by atoms with Crippen molar-refractivity contribution in [2.45, 2.75) is 18.9 Å². The van der Waals surface area contributed by atoms with Crippen molar-refractivity contribution >= 4 is 0 Å². The van der Waals surface area contributed by atoms with Gasteiger partial charge in [0.2, 0.25) is 24.0 Å². The summed E-state index contributed by atoms with van der Waals surface area (Å²) in [6.45, 7) is 1.42. The van der Waals surface area contributed by atoms with Gasteiger partial charge >= 0.3 is 0 Å². The predicted octanol–water partition coefficient (Wildman–Crippen LogP) is 2.88. The molecule has 2 aromatic heterocycles. The lowest BCUT2D eigenvalue weighted by atomic mass is 10.2. The normalized spacial score (nSPS) is 15.0. The van der Waals surface area contributed by atoms with Crippen molar-refractivity contribution < 1.29 is 18.6 Å². The fourth-order valence-corrected chi connectivity index (χ4v) is 2.52. The summed E-state index contributed by atoms with van der Waals surface area (Å²) in [4.78, 5) is 8.28. The summed E-state index contributed by atoms with van der Waals surface area (Å²) in [5, 5.41) is 7.56. The molecule has 0 spiro atoms. The second-order valence-corrected chi connectivity index (χ2v) is 5.50. The van der Waals surface area contributed by atoms with E-state index in [-0.39, 0.29) is 6.10 Å². The molecule has 1 aromatic carbocycles. The van der Waals surface area contributed by atoms with E-state index in [9.17, 15) is 0 Å². The molecule has 0 radical (unpaired) electrons. The summed E-state index contributed by atoms with van der Waals surface area (Å²) in [6, 6.07) is 9.00. The van der Waals surface area contributed by atoms with Crippen LogP contribution in [0.25, 0.3) is 11.5 Å². The van der Waals surface area contributed by atoms with Gasteiger partial charge in [0.15, 0.2) is 0 Å². The van der Waals surface area contributed by atoms with E-state index in [1.165, 1.54) is 12.7 Å². The van der Waals surface area contributed by atoms with Crippen LogP contribution in [0.1, 0.15) is 12.8 Å². The highest BCUT2D eigenvalue weighted by Crippen LogP contribution is 2.26. The van der Waals surface area contributed by atoms with Gasteiger partial charge in [-0.1, -0.05) is 6.07 Å². The van der Waals surface area contributed by atoms with Gasteiger partial charge in [0.25, 0.3) is 0 Å². The number of hydrogen-bond acceptors (Lipinski definition) is 8. The van der Waals surface area contributed by atoms with Crippen LogP contribution in [0.4, 0.5) is 0 Å². The molecule has 25 heavy (non-hydrogen) atoms. The Labute approximate surface area is 143 Å². The third-order valence-electron chi connectivity index (χ3n) is 3.74. The standard InChI is InChI=1S/C17H16N4O4/c1-2-12(17-21-20-11-23-17)8-14(3-1)25-16-9-15(18-10-19-16)24-13-4-6-22-7-5-13/h1-3,8-11,13H,4-7H2. The maximum atomic E-state index is 5.87. The van der Waals surface area contributed by atoms with Crippen molar-refractivity contribution in [1.82, 2.24) is 20.2 Å². The van der Waals surface area contributed by atoms with Crippen LogP contribution in [0.2, 0.25) is 0 Å². The average molecular weight is 340 g/mol. The molecule has 1 aliphatic heterocycles. The monoisotopic (exact) mass is 340 g/mol. The predicted molar refractivity (Wildman–Crippen MR) is 86.3 cm³/mol. The van der Waals surface area contributed by atoms with Crippen LogP contribution in [0.15, 0.2) is 47.5 Å². The van der Waals surface area contributed by atoms with Gasteiger partial charge in [-0.2, -0.15) is 0 Å². The quantitative estimate of drug-likeness (QED) is 0.700. The topological polar surface area (TPSA) is 92.4 Å². The fourth-order valence-electron chi connectivity index (χ4n) is 2.52. The lowest BCUT2D eigenvalue weighted by Crippen LogP contribution is -2.26. The number of aromatic nitrogens is 4. The largest absolute Gasteiger partial charge is 0.474 e. The highest BCUT2D eigenvalue weighted by Gasteiger charge is 2.16. The Kier molecular flexibility index (Phi) is 4.51.